The maximum absolute atomic E-state index is 12.5. The predicted molar refractivity (Wildman–Crippen MR) is 98.6 cm³/mol. The second-order valence-corrected chi connectivity index (χ2v) is 6.70. The van der Waals surface area contributed by atoms with Gasteiger partial charge in [-0.3, -0.25) is 0 Å². The second-order valence-electron chi connectivity index (χ2n) is 6.70. The Labute approximate surface area is 149 Å². The molecular formula is C20H25N3O2. The number of pyridine rings is 1. The molecule has 2 aromatic rings. The molecule has 1 fully saturated rings. The zero-order chi connectivity index (χ0) is 17.8. The summed E-state index contributed by atoms with van der Waals surface area (Å²) in [4.78, 5) is 20.9. The Kier molecular flexibility index (Phi) is 5.22. The number of hydrogen-bond donors (Lipinski definition) is 0. The van der Waals surface area contributed by atoms with E-state index in [1.54, 1.807) is 0 Å². The fraction of sp³-hybridized carbons (Fsp3) is 0.400. The van der Waals surface area contributed by atoms with E-state index in [-0.39, 0.29) is 12.1 Å². The highest BCUT2D eigenvalue weighted by Gasteiger charge is 2.31. The van der Waals surface area contributed by atoms with Crippen LogP contribution in [0.1, 0.15) is 35.6 Å². The number of nitrogens with zero attached hydrogens (tertiary/aromatic N) is 3. The van der Waals surface area contributed by atoms with Gasteiger partial charge in [-0.2, -0.15) is 0 Å². The van der Waals surface area contributed by atoms with Gasteiger partial charge >= 0.3 is 6.09 Å². The summed E-state index contributed by atoms with van der Waals surface area (Å²) in [6.45, 7) is 3.09. The molecule has 1 aromatic carbocycles. The highest BCUT2D eigenvalue weighted by Crippen LogP contribution is 2.33. The van der Waals surface area contributed by atoms with Gasteiger partial charge in [0, 0.05) is 26.8 Å². The first kappa shape index (κ1) is 17.3. The Hall–Kier alpha value is -2.56. The zero-order valence-electron chi connectivity index (χ0n) is 15.1. The number of aromatic nitrogens is 1. The van der Waals surface area contributed by atoms with Crippen LogP contribution >= 0.6 is 0 Å². The fourth-order valence-corrected chi connectivity index (χ4v) is 3.37. The number of anilines is 1. The van der Waals surface area contributed by atoms with Crippen LogP contribution in [-0.2, 0) is 11.3 Å². The summed E-state index contributed by atoms with van der Waals surface area (Å²) in [5.41, 5.74) is 3.20. The summed E-state index contributed by atoms with van der Waals surface area (Å²) < 4.78 is 5.51. The summed E-state index contributed by atoms with van der Waals surface area (Å²) in [7, 11) is 3.97. The van der Waals surface area contributed by atoms with E-state index in [9.17, 15) is 4.79 Å². The normalized spacial score (nSPS) is 16.8. The van der Waals surface area contributed by atoms with Crippen molar-refractivity contribution in [1.82, 2.24) is 9.88 Å². The van der Waals surface area contributed by atoms with E-state index in [4.69, 9.17) is 4.74 Å². The average molecular weight is 339 g/mol. The number of rotatable bonds is 4. The largest absolute Gasteiger partial charge is 0.445 e. The van der Waals surface area contributed by atoms with E-state index in [0.29, 0.717) is 6.61 Å². The van der Waals surface area contributed by atoms with E-state index >= 15 is 0 Å². The summed E-state index contributed by atoms with van der Waals surface area (Å²) in [5, 5.41) is 0. The molecule has 0 saturated carbocycles. The highest BCUT2D eigenvalue weighted by atomic mass is 16.6. The fourth-order valence-electron chi connectivity index (χ4n) is 3.37. The minimum absolute atomic E-state index is 0.0469. The Bertz CT molecular complexity index is 731. The molecule has 1 atom stereocenters. The minimum atomic E-state index is -0.249. The van der Waals surface area contributed by atoms with Gasteiger partial charge in [0.25, 0.3) is 0 Å². The lowest BCUT2D eigenvalue weighted by Gasteiger charge is -2.25. The lowest BCUT2D eigenvalue weighted by Crippen LogP contribution is -2.31. The maximum atomic E-state index is 12.5. The van der Waals surface area contributed by atoms with Gasteiger partial charge < -0.3 is 14.5 Å². The van der Waals surface area contributed by atoms with Crippen LogP contribution in [0, 0.1) is 6.92 Å². The number of benzene rings is 1. The first-order valence-electron chi connectivity index (χ1n) is 8.67. The SMILES string of the molecule is Cc1cc([C@@H]2CCCN2C(=O)OCc2ccccc2)cnc1N(C)C. The van der Waals surface area contributed by atoms with Gasteiger partial charge in [0.15, 0.2) is 0 Å². The van der Waals surface area contributed by atoms with Crippen LogP contribution in [0.15, 0.2) is 42.6 Å². The predicted octanol–water partition coefficient (Wildman–Crippen LogP) is 3.93. The summed E-state index contributed by atoms with van der Waals surface area (Å²) in [6, 6.07) is 11.9. The molecule has 1 aliphatic heterocycles. The average Bonchev–Trinajstić information content (AvgIpc) is 3.10. The Morgan fingerprint density at radius 2 is 2.08 bits per heavy atom. The molecule has 0 aliphatic carbocycles. The molecule has 25 heavy (non-hydrogen) atoms. The van der Waals surface area contributed by atoms with E-state index in [1.807, 2.05) is 60.4 Å². The van der Waals surface area contributed by atoms with E-state index in [1.165, 1.54) is 0 Å². The quantitative estimate of drug-likeness (QED) is 0.847. The van der Waals surface area contributed by atoms with Crippen molar-refractivity contribution in [2.24, 2.45) is 0 Å². The molecule has 1 amide bonds. The summed E-state index contributed by atoms with van der Waals surface area (Å²) in [5.74, 6) is 0.958. The maximum Gasteiger partial charge on any atom is 0.410 e. The van der Waals surface area contributed by atoms with E-state index < -0.39 is 0 Å². The molecule has 5 nitrogen and oxygen atoms in total. The zero-order valence-corrected chi connectivity index (χ0v) is 15.1. The number of likely N-dealkylation sites (tertiary alicyclic amines) is 1. The van der Waals surface area contributed by atoms with Crippen LogP contribution < -0.4 is 4.90 Å². The monoisotopic (exact) mass is 339 g/mol. The third kappa shape index (κ3) is 3.92. The molecule has 1 saturated heterocycles. The van der Waals surface area contributed by atoms with Gasteiger partial charge in [0.1, 0.15) is 12.4 Å². The van der Waals surface area contributed by atoms with Gasteiger partial charge in [-0.15, -0.1) is 0 Å². The number of carbonyl (C=O) groups is 1. The minimum Gasteiger partial charge on any atom is -0.445 e. The molecule has 2 heterocycles. The smallest absolute Gasteiger partial charge is 0.410 e. The van der Waals surface area contributed by atoms with Crippen LogP contribution in [0.3, 0.4) is 0 Å². The molecule has 0 radical (unpaired) electrons. The number of amides is 1. The molecular weight excluding hydrogens is 314 g/mol. The van der Waals surface area contributed by atoms with Crippen LogP contribution in [-0.4, -0.2) is 36.6 Å². The van der Waals surface area contributed by atoms with Crippen molar-refractivity contribution in [3.05, 3.63) is 59.3 Å². The molecule has 1 aromatic heterocycles. The molecule has 0 N–H and O–H groups in total. The highest BCUT2D eigenvalue weighted by molar-refractivity contribution is 5.69. The second kappa shape index (κ2) is 7.55. The van der Waals surface area contributed by atoms with Gasteiger partial charge in [0.05, 0.1) is 6.04 Å². The third-order valence-electron chi connectivity index (χ3n) is 4.57. The van der Waals surface area contributed by atoms with Crippen molar-refractivity contribution in [3.63, 3.8) is 0 Å². The molecule has 0 spiro atoms. The van der Waals surface area contributed by atoms with Crippen LogP contribution in [0.5, 0.6) is 0 Å². The number of hydrogen-bond acceptors (Lipinski definition) is 4. The van der Waals surface area contributed by atoms with Gasteiger partial charge in [-0.1, -0.05) is 30.3 Å². The van der Waals surface area contributed by atoms with Crippen molar-refractivity contribution >= 4 is 11.9 Å². The molecule has 3 rings (SSSR count). The molecule has 132 valence electrons. The van der Waals surface area contributed by atoms with Crippen LogP contribution in [0.2, 0.25) is 0 Å². The van der Waals surface area contributed by atoms with Crippen molar-refractivity contribution in [2.75, 3.05) is 25.5 Å². The van der Waals surface area contributed by atoms with Crippen molar-refractivity contribution < 1.29 is 9.53 Å². The Morgan fingerprint density at radius 3 is 2.76 bits per heavy atom. The number of carbonyl (C=O) groups excluding carboxylic acids is 1. The molecule has 1 aliphatic rings. The topological polar surface area (TPSA) is 45.7 Å². The van der Waals surface area contributed by atoms with Crippen LogP contribution in [0.4, 0.5) is 10.6 Å². The summed E-state index contributed by atoms with van der Waals surface area (Å²) in [6.07, 6.45) is 3.57. The number of ether oxygens (including phenoxy) is 1. The number of aryl methyl sites for hydroxylation is 1. The van der Waals surface area contributed by atoms with E-state index in [2.05, 4.69) is 18.0 Å². The van der Waals surface area contributed by atoms with Crippen molar-refractivity contribution in [1.29, 1.82) is 0 Å². The summed E-state index contributed by atoms with van der Waals surface area (Å²) >= 11 is 0. The molecule has 0 unspecified atom stereocenters. The molecule has 0 bridgehead atoms. The first-order chi connectivity index (χ1) is 12.1. The van der Waals surface area contributed by atoms with Crippen LogP contribution in [0.25, 0.3) is 0 Å². The van der Waals surface area contributed by atoms with Crippen molar-refractivity contribution in [2.45, 2.75) is 32.4 Å². The Balaban J connectivity index is 1.69. The van der Waals surface area contributed by atoms with E-state index in [0.717, 1.165) is 41.9 Å². The van der Waals surface area contributed by atoms with Crippen molar-refractivity contribution in [3.8, 4) is 0 Å². The molecule has 5 heteroatoms. The Morgan fingerprint density at radius 1 is 1.32 bits per heavy atom. The van der Waals surface area contributed by atoms with Gasteiger partial charge in [-0.25, -0.2) is 9.78 Å². The standard InChI is InChI=1S/C20H25N3O2/c1-15-12-17(13-21-19(15)22(2)3)18-10-7-11-23(18)20(24)25-14-16-8-5-4-6-9-16/h4-6,8-9,12-13,18H,7,10-11,14H2,1-3H3/t18-/m0/s1. The van der Waals surface area contributed by atoms with Gasteiger partial charge in [0.2, 0.25) is 0 Å². The first-order valence-corrected chi connectivity index (χ1v) is 8.67. The van der Waals surface area contributed by atoms with Gasteiger partial charge in [-0.05, 0) is 42.5 Å². The lowest BCUT2D eigenvalue weighted by atomic mass is 10.0. The lowest BCUT2D eigenvalue weighted by molar-refractivity contribution is 0.0920. The third-order valence-corrected chi connectivity index (χ3v) is 4.57.